The molecular formula is C24H29BrO6. The van der Waals surface area contributed by atoms with Crippen molar-refractivity contribution in [1.29, 1.82) is 0 Å². The Balaban J connectivity index is 0.000000504. The third kappa shape index (κ3) is 11.6. The molecule has 168 valence electrons. The molecule has 0 aromatic heterocycles. The van der Waals surface area contributed by atoms with Crippen molar-refractivity contribution in [3.8, 4) is 23.0 Å². The Morgan fingerprint density at radius 3 is 1.84 bits per heavy atom. The van der Waals surface area contributed by atoms with E-state index in [2.05, 4.69) is 29.1 Å². The van der Waals surface area contributed by atoms with Gasteiger partial charge in [-0.15, -0.1) is 6.58 Å². The first-order valence-corrected chi connectivity index (χ1v) is 10.7. The Hall–Kier alpha value is -3.06. The van der Waals surface area contributed by atoms with Crippen LogP contribution in [-0.2, 0) is 0 Å². The van der Waals surface area contributed by atoms with Crippen molar-refractivity contribution < 1.29 is 28.9 Å². The van der Waals surface area contributed by atoms with Crippen molar-refractivity contribution >= 4 is 28.5 Å². The maximum atomic E-state index is 10.6. The third-order valence-corrected chi connectivity index (χ3v) is 3.75. The van der Waals surface area contributed by atoms with Crippen LogP contribution in [0.2, 0.25) is 0 Å². The number of benzene rings is 2. The van der Waals surface area contributed by atoms with Gasteiger partial charge in [0, 0.05) is 16.5 Å². The van der Waals surface area contributed by atoms with Gasteiger partial charge in [0.25, 0.3) is 0 Å². The molecule has 2 aromatic carbocycles. The average Bonchev–Trinajstić information content (AvgIpc) is 2.80. The van der Waals surface area contributed by atoms with Gasteiger partial charge in [-0.2, -0.15) is 0 Å². The second kappa shape index (κ2) is 17.8. The Bertz CT molecular complexity index is 820. The molecule has 6 nitrogen and oxygen atoms in total. The number of aldehydes is 2. The Labute approximate surface area is 192 Å². The Kier molecular flexibility index (Phi) is 16.0. The van der Waals surface area contributed by atoms with E-state index in [0.29, 0.717) is 54.5 Å². The quantitative estimate of drug-likeness (QED) is 0.262. The minimum atomic E-state index is 0.0578. The van der Waals surface area contributed by atoms with Gasteiger partial charge in [-0.1, -0.05) is 34.7 Å². The van der Waals surface area contributed by atoms with Crippen LogP contribution in [0.3, 0.4) is 0 Å². The second-order valence-electron chi connectivity index (χ2n) is 5.58. The number of rotatable bonds is 10. The molecule has 0 saturated heterocycles. The molecule has 0 aliphatic carbocycles. The Morgan fingerprint density at radius 2 is 1.35 bits per heavy atom. The average molecular weight is 493 g/mol. The smallest absolute Gasteiger partial charge is 0.161 e. The van der Waals surface area contributed by atoms with Crippen LogP contribution >= 0.6 is 15.9 Å². The topological polar surface area (TPSA) is 82.1 Å². The highest BCUT2D eigenvalue weighted by Crippen LogP contribution is 2.28. The molecule has 2 rings (SSSR count). The number of hydrogen-bond donors (Lipinski definition) is 1. The van der Waals surface area contributed by atoms with Gasteiger partial charge < -0.3 is 19.3 Å². The minimum absolute atomic E-state index is 0.0578. The normalized spacial score (nSPS) is 9.00. The summed E-state index contributed by atoms with van der Waals surface area (Å²) in [6, 6.07) is 9.55. The summed E-state index contributed by atoms with van der Waals surface area (Å²) < 4.78 is 15.8. The third-order valence-electron chi connectivity index (χ3n) is 3.29. The maximum Gasteiger partial charge on any atom is 0.161 e. The Morgan fingerprint density at radius 1 is 0.839 bits per heavy atom. The molecule has 0 fully saturated rings. The zero-order valence-electron chi connectivity index (χ0n) is 17.9. The second-order valence-corrected chi connectivity index (χ2v) is 6.23. The van der Waals surface area contributed by atoms with E-state index in [0.717, 1.165) is 11.6 Å². The van der Waals surface area contributed by atoms with Crippen molar-refractivity contribution in [3.05, 3.63) is 72.8 Å². The standard InChI is InChI=1S/C12H14O3.C9H10O3.C3H5Br/c1-3-7-15-11-6-5-10(9-13)8-12(11)14-4-2;1-2-12-9-5-7(6-10)3-4-8(9)11;1-2-3-4/h3,5-6,8-9H,1,4,7H2,2H3;3-6,11H,2H2,1H3;2H,1,3H2. The molecule has 2 aromatic rings. The van der Waals surface area contributed by atoms with E-state index in [9.17, 15) is 14.7 Å². The predicted octanol–water partition coefficient (Wildman–Crippen LogP) is 5.63. The van der Waals surface area contributed by atoms with Gasteiger partial charge in [0.15, 0.2) is 23.0 Å². The molecule has 7 heteroatoms. The summed E-state index contributed by atoms with van der Waals surface area (Å²) in [6.07, 6.45) is 4.94. The SMILES string of the molecule is C=CCBr.C=CCOc1ccc(C=O)cc1OCC.CCOc1cc(C=O)ccc1O. The van der Waals surface area contributed by atoms with E-state index in [4.69, 9.17) is 14.2 Å². The van der Waals surface area contributed by atoms with Crippen molar-refractivity contribution in [1.82, 2.24) is 0 Å². The molecule has 0 aliphatic rings. The van der Waals surface area contributed by atoms with Gasteiger partial charge in [-0.05, 0) is 50.2 Å². The maximum absolute atomic E-state index is 10.6. The van der Waals surface area contributed by atoms with Gasteiger partial charge >= 0.3 is 0 Å². The summed E-state index contributed by atoms with van der Waals surface area (Å²) in [5.74, 6) is 1.62. The minimum Gasteiger partial charge on any atom is -0.504 e. The fraction of sp³-hybridized carbons (Fsp3) is 0.250. The molecular weight excluding hydrogens is 464 g/mol. The lowest BCUT2D eigenvalue weighted by molar-refractivity contribution is 0.111. The van der Waals surface area contributed by atoms with E-state index in [1.807, 2.05) is 13.8 Å². The van der Waals surface area contributed by atoms with E-state index in [-0.39, 0.29) is 5.75 Å². The largest absolute Gasteiger partial charge is 0.504 e. The molecule has 0 bridgehead atoms. The van der Waals surface area contributed by atoms with Gasteiger partial charge in [0.1, 0.15) is 19.2 Å². The van der Waals surface area contributed by atoms with Crippen LogP contribution in [0.5, 0.6) is 23.0 Å². The number of carbonyl (C=O) groups excluding carboxylic acids is 2. The summed E-state index contributed by atoms with van der Waals surface area (Å²) in [5.41, 5.74) is 1.07. The highest BCUT2D eigenvalue weighted by molar-refractivity contribution is 9.09. The molecule has 0 amide bonds. The number of aromatic hydroxyl groups is 1. The van der Waals surface area contributed by atoms with Crippen LogP contribution in [0.25, 0.3) is 0 Å². The van der Waals surface area contributed by atoms with Gasteiger partial charge in [0.2, 0.25) is 0 Å². The van der Waals surface area contributed by atoms with Crippen LogP contribution in [-0.4, -0.2) is 42.8 Å². The predicted molar refractivity (Wildman–Crippen MR) is 127 cm³/mol. The van der Waals surface area contributed by atoms with E-state index < -0.39 is 0 Å². The highest BCUT2D eigenvalue weighted by atomic mass is 79.9. The van der Waals surface area contributed by atoms with Gasteiger partial charge in [-0.25, -0.2) is 0 Å². The fourth-order valence-electron chi connectivity index (χ4n) is 2.01. The van der Waals surface area contributed by atoms with Crippen molar-refractivity contribution in [2.75, 3.05) is 25.2 Å². The van der Waals surface area contributed by atoms with E-state index in [1.165, 1.54) is 18.2 Å². The summed E-state index contributed by atoms with van der Waals surface area (Å²) in [7, 11) is 0. The molecule has 0 aliphatic heterocycles. The van der Waals surface area contributed by atoms with Crippen LogP contribution in [0.15, 0.2) is 61.7 Å². The lowest BCUT2D eigenvalue weighted by Crippen LogP contribution is -1.99. The molecule has 1 N–H and O–H groups in total. The monoisotopic (exact) mass is 492 g/mol. The van der Waals surface area contributed by atoms with Crippen LogP contribution in [0.4, 0.5) is 0 Å². The number of ether oxygens (including phenoxy) is 3. The van der Waals surface area contributed by atoms with Crippen molar-refractivity contribution in [2.45, 2.75) is 13.8 Å². The summed E-state index contributed by atoms with van der Waals surface area (Å²) in [4.78, 5) is 20.9. The number of alkyl halides is 1. The number of phenols is 1. The highest BCUT2D eigenvalue weighted by Gasteiger charge is 2.05. The molecule has 0 saturated carbocycles. The van der Waals surface area contributed by atoms with E-state index >= 15 is 0 Å². The van der Waals surface area contributed by atoms with E-state index in [1.54, 1.807) is 30.4 Å². The van der Waals surface area contributed by atoms with Crippen LogP contribution in [0.1, 0.15) is 34.6 Å². The first kappa shape index (κ1) is 27.9. The number of carbonyl (C=O) groups is 2. The first-order chi connectivity index (χ1) is 15.0. The zero-order valence-corrected chi connectivity index (χ0v) is 19.5. The fourth-order valence-corrected chi connectivity index (χ4v) is 2.01. The summed E-state index contributed by atoms with van der Waals surface area (Å²) in [5, 5.41) is 10.1. The molecule has 0 radical (unpaired) electrons. The number of phenolic OH excluding ortho intramolecular Hbond substituents is 1. The lowest BCUT2D eigenvalue weighted by Gasteiger charge is -2.10. The van der Waals surface area contributed by atoms with Crippen LogP contribution < -0.4 is 14.2 Å². The molecule has 0 atom stereocenters. The molecule has 31 heavy (non-hydrogen) atoms. The number of halogens is 1. The molecule has 0 heterocycles. The zero-order chi connectivity index (χ0) is 23.5. The van der Waals surface area contributed by atoms with Crippen molar-refractivity contribution in [2.24, 2.45) is 0 Å². The molecule has 0 unspecified atom stereocenters. The van der Waals surface area contributed by atoms with Gasteiger partial charge in [-0.3, -0.25) is 9.59 Å². The summed E-state index contributed by atoms with van der Waals surface area (Å²) >= 11 is 3.13. The van der Waals surface area contributed by atoms with Crippen molar-refractivity contribution in [3.63, 3.8) is 0 Å². The lowest BCUT2D eigenvalue weighted by atomic mass is 10.2. The molecule has 0 spiro atoms. The van der Waals surface area contributed by atoms with Gasteiger partial charge in [0.05, 0.1) is 13.2 Å². The number of allylic oxidation sites excluding steroid dienone is 1. The first-order valence-electron chi connectivity index (χ1n) is 9.54. The van der Waals surface area contributed by atoms with Crippen LogP contribution in [0, 0.1) is 0 Å². The summed E-state index contributed by atoms with van der Waals surface area (Å²) in [6.45, 7) is 12.1. The number of hydrogen-bond acceptors (Lipinski definition) is 6.